The number of amides is 1. The Morgan fingerprint density at radius 1 is 1.44 bits per heavy atom. The number of carboxylic acids is 1. The van der Waals surface area contributed by atoms with E-state index in [9.17, 15) is 27.2 Å². The number of nitrogens with zero attached hydrogens (tertiary/aromatic N) is 1. The van der Waals surface area contributed by atoms with E-state index < -0.39 is 42.7 Å². The molecule has 2 unspecified atom stereocenters. The molecule has 1 N–H and O–H groups in total. The van der Waals surface area contributed by atoms with Gasteiger partial charge in [-0.05, 0) is 6.92 Å². The molecule has 0 saturated carbocycles. The first kappa shape index (κ1) is 12.7. The first-order valence-electron chi connectivity index (χ1n) is 4.35. The number of hydrogen-bond acceptors (Lipinski definition) is 2. The maximum atomic E-state index is 13.0. The highest BCUT2D eigenvalue weighted by atomic mass is 19.4. The van der Waals surface area contributed by atoms with Crippen LogP contribution in [0.5, 0.6) is 0 Å². The van der Waals surface area contributed by atoms with Crippen LogP contribution < -0.4 is 0 Å². The van der Waals surface area contributed by atoms with E-state index in [2.05, 4.69) is 0 Å². The minimum Gasteiger partial charge on any atom is -0.480 e. The number of halogens is 4. The van der Waals surface area contributed by atoms with Crippen LogP contribution in [0.3, 0.4) is 0 Å². The molecule has 0 spiro atoms. The van der Waals surface area contributed by atoms with Crippen LogP contribution in [0, 0.1) is 0 Å². The van der Waals surface area contributed by atoms with E-state index in [1.807, 2.05) is 0 Å². The van der Waals surface area contributed by atoms with Crippen molar-refractivity contribution in [3.8, 4) is 0 Å². The summed E-state index contributed by atoms with van der Waals surface area (Å²) in [5.41, 5.74) is -2.13. The van der Waals surface area contributed by atoms with E-state index in [-0.39, 0.29) is 4.90 Å². The fourth-order valence-corrected chi connectivity index (χ4v) is 1.67. The quantitative estimate of drug-likeness (QED) is 0.698. The lowest BCUT2D eigenvalue weighted by molar-refractivity contribution is -0.191. The van der Waals surface area contributed by atoms with Crippen LogP contribution in [0.25, 0.3) is 0 Å². The smallest absolute Gasteiger partial charge is 0.471 e. The summed E-state index contributed by atoms with van der Waals surface area (Å²) in [5, 5.41) is 8.75. The SMILES string of the molecule is CC1(C(=O)O)CC(F)CN1C(=O)C(F)(F)F. The number of carbonyl (C=O) groups excluding carboxylic acids is 1. The molecule has 1 fully saturated rings. The molecule has 8 heteroatoms. The number of rotatable bonds is 1. The van der Waals surface area contributed by atoms with Gasteiger partial charge < -0.3 is 10.0 Å². The summed E-state index contributed by atoms with van der Waals surface area (Å²) < 4.78 is 49.3. The average Bonchev–Trinajstić information content (AvgIpc) is 2.40. The molecule has 0 radical (unpaired) electrons. The van der Waals surface area contributed by atoms with Crippen molar-refractivity contribution in [3.05, 3.63) is 0 Å². The minimum absolute atomic E-state index is 0.0278. The van der Waals surface area contributed by atoms with Gasteiger partial charge in [-0.15, -0.1) is 0 Å². The van der Waals surface area contributed by atoms with Crippen LogP contribution in [0.1, 0.15) is 13.3 Å². The van der Waals surface area contributed by atoms with Crippen LogP contribution in [-0.4, -0.2) is 46.3 Å². The number of likely N-dealkylation sites (tertiary alicyclic amines) is 1. The third-order valence-electron chi connectivity index (χ3n) is 2.54. The summed E-state index contributed by atoms with van der Waals surface area (Å²) in [4.78, 5) is 21.7. The van der Waals surface area contributed by atoms with Crippen molar-refractivity contribution in [2.45, 2.75) is 31.2 Å². The van der Waals surface area contributed by atoms with Crippen molar-refractivity contribution < 1.29 is 32.3 Å². The van der Waals surface area contributed by atoms with Crippen LogP contribution in [0.15, 0.2) is 0 Å². The van der Waals surface area contributed by atoms with E-state index in [4.69, 9.17) is 5.11 Å². The van der Waals surface area contributed by atoms with Gasteiger partial charge in [0.2, 0.25) is 0 Å². The van der Waals surface area contributed by atoms with Crippen molar-refractivity contribution >= 4 is 11.9 Å². The normalized spacial score (nSPS) is 30.6. The van der Waals surface area contributed by atoms with Gasteiger partial charge in [-0.25, -0.2) is 9.18 Å². The summed E-state index contributed by atoms with van der Waals surface area (Å²) in [6.07, 6.45) is -7.59. The van der Waals surface area contributed by atoms with Gasteiger partial charge in [0.05, 0.1) is 6.54 Å². The van der Waals surface area contributed by atoms with Gasteiger partial charge in [-0.1, -0.05) is 0 Å². The Morgan fingerprint density at radius 2 is 1.94 bits per heavy atom. The summed E-state index contributed by atoms with van der Waals surface area (Å²) in [5.74, 6) is -3.97. The molecular weight excluding hydrogens is 234 g/mol. The van der Waals surface area contributed by atoms with Crippen molar-refractivity contribution in [1.29, 1.82) is 0 Å². The minimum atomic E-state index is -5.19. The Balaban J connectivity index is 3.04. The molecule has 1 amide bonds. The molecule has 0 aromatic carbocycles. The highest BCUT2D eigenvalue weighted by Crippen LogP contribution is 2.34. The molecule has 0 bridgehead atoms. The summed E-state index contributed by atoms with van der Waals surface area (Å²) in [6, 6.07) is 0. The van der Waals surface area contributed by atoms with Gasteiger partial charge in [-0.2, -0.15) is 13.2 Å². The van der Waals surface area contributed by atoms with Crippen molar-refractivity contribution in [2.75, 3.05) is 6.54 Å². The average molecular weight is 243 g/mol. The maximum absolute atomic E-state index is 13.0. The molecule has 4 nitrogen and oxygen atoms in total. The Morgan fingerprint density at radius 3 is 2.31 bits per heavy atom. The molecule has 0 aromatic rings. The van der Waals surface area contributed by atoms with Crippen LogP contribution in [-0.2, 0) is 9.59 Å². The van der Waals surface area contributed by atoms with Gasteiger partial charge in [0.25, 0.3) is 0 Å². The Hall–Kier alpha value is -1.34. The van der Waals surface area contributed by atoms with E-state index in [1.54, 1.807) is 0 Å². The summed E-state index contributed by atoms with van der Waals surface area (Å²) >= 11 is 0. The molecule has 0 aliphatic carbocycles. The van der Waals surface area contributed by atoms with Gasteiger partial charge >= 0.3 is 18.1 Å². The molecule has 1 rings (SSSR count). The molecule has 1 saturated heterocycles. The van der Waals surface area contributed by atoms with Gasteiger partial charge in [0.1, 0.15) is 11.7 Å². The molecule has 92 valence electrons. The lowest BCUT2D eigenvalue weighted by atomic mass is 9.99. The first-order valence-corrected chi connectivity index (χ1v) is 4.35. The summed E-state index contributed by atoms with van der Waals surface area (Å²) in [7, 11) is 0. The Bertz CT molecular complexity index is 330. The third-order valence-corrected chi connectivity index (χ3v) is 2.54. The summed E-state index contributed by atoms with van der Waals surface area (Å²) in [6.45, 7) is 0.0553. The van der Waals surface area contributed by atoms with Crippen LogP contribution in [0.4, 0.5) is 17.6 Å². The monoisotopic (exact) mass is 243 g/mol. The molecule has 1 aliphatic heterocycles. The largest absolute Gasteiger partial charge is 0.480 e. The van der Waals surface area contributed by atoms with Gasteiger partial charge in [0.15, 0.2) is 0 Å². The first-order chi connectivity index (χ1) is 7.09. The molecular formula is C8H9F4NO3. The van der Waals surface area contributed by atoms with E-state index >= 15 is 0 Å². The Labute approximate surface area is 87.8 Å². The molecule has 1 aliphatic rings. The predicted molar refractivity (Wildman–Crippen MR) is 43.3 cm³/mol. The maximum Gasteiger partial charge on any atom is 0.471 e. The number of alkyl halides is 4. The number of carboxylic acid groups (broad SMARTS) is 1. The standard InChI is InChI=1S/C8H9F4NO3/c1-7(6(15)16)2-4(9)3-13(7)5(14)8(10,11)12/h4H,2-3H2,1H3,(H,15,16). The highest BCUT2D eigenvalue weighted by molar-refractivity contribution is 5.90. The van der Waals surface area contributed by atoms with Crippen LogP contribution >= 0.6 is 0 Å². The number of hydrogen-bond donors (Lipinski definition) is 1. The molecule has 16 heavy (non-hydrogen) atoms. The van der Waals surface area contributed by atoms with Crippen molar-refractivity contribution in [3.63, 3.8) is 0 Å². The molecule has 2 atom stereocenters. The fraction of sp³-hybridized carbons (Fsp3) is 0.750. The molecule has 1 heterocycles. The van der Waals surface area contributed by atoms with E-state index in [1.165, 1.54) is 0 Å². The zero-order valence-electron chi connectivity index (χ0n) is 8.21. The third kappa shape index (κ3) is 1.96. The predicted octanol–water partition coefficient (Wildman–Crippen LogP) is 0.962. The second kappa shape index (κ2) is 3.60. The number of carbonyl (C=O) groups is 2. The van der Waals surface area contributed by atoms with Crippen LogP contribution in [0.2, 0.25) is 0 Å². The van der Waals surface area contributed by atoms with Gasteiger partial charge in [-0.3, -0.25) is 4.79 Å². The zero-order valence-corrected chi connectivity index (χ0v) is 8.21. The topological polar surface area (TPSA) is 57.6 Å². The zero-order chi connectivity index (χ0) is 12.7. The highest BCUT2D eigenvalue weighted by Gasteiger charge is 2.56. The lowest BCUT2D eigenvalue weighted by Crippen LogP contribution is -2.54. The second-order valence-corrected chi connectivity index (χ2v) is 3.79. The second-order valence-electron chi connectivity index (χ2n) is 3.79. The lowest BCUT2D eigenvalue weighted by Gasteiger charge is -2.31. The van der Waals surface area contributed by atoms with E-state index in [0.717, 1.165) is 6.92 Å². The van der Waals surface area contributed by atoms with Crippen molar-refractivity contribution in [1.82, 2.24) is 4.90 Å². The van der Waals surface area contributed by atoms with E-state index in [0.29, 0.717) is 0 Å². The Kier molecular flexibility index (Phi) is 2.86. The molecule has 0 aromatic heterocycles. The fourth-order valence-electron chi connectivity index (χ4n) is 1.67. The number of aliphatic carboxylic acids is 1. The van der Waals surface area contributed by atoms with Crippen molar-refractivity contribution in [2.24, 2.45) is 0 Å². The van der Waals surface area contributed by atoms with Gasteiger partial charge in [0, 0.05) is 6.42 Å².